The second kappa shape index (κ2) is 6.72. The molecule has 1 fully saturated rings. The molecule has 0 saturated heterocycles. The number of hydrogen-bond acceptors (Lipinski definition) is 3. The number of nitrogens with zero attached hydrogens (tertiary/aromatic N) is 1. The molecule has 2 N–H and O–H groups in total. The van der Waals surface area contributed by atoms with Gasteiger partial charge in [-0.1, -0.05) is 25.7 Å². The van der Waals surface area contributed by atoms with Crippen LogP contribution in [-0.2, 0) is 0 Å². The third-order valence-electron chi connectivity index (χ3n) is 3.65. The first-order valence-corrected chi connectivity index (χ1v) is 6.99. The van der Waals surface area contributed by atoms with E-state index in [2.05, 4.69) is 12.2 Å². The normalized spacial score (nSPS) is 22.9. The van der Waals surface area contributed by atoms with Crippen LogP contribution in [0.5, 0.6) is 0 Å². The molecule has 0 heterocycles. The Hall–Kier alpha value is -0.120. The molecule has 3 nitrogen and oxygen atoms in total. The van der Waals surface area contributed by atoms with Gasteiger partial charge in [0, 0.05) is 19.1 Å². The lowest BCUT2D eigenvalue weighted by Crippen LogP contribution is -2.47. The topological polar surface area (TPSA) is 35.5 Å². The molecule has 0 aromatic carbocycles. The summed E-state index contributed by atoms with van der Waals surface area (Å²) in [4.78, 5) is 2.03. The van der Waals surface area contributed by atoms with Gasteiger partial charge >= 0.3 is 0 Å². The fraction of sp³-hybridized carbons (Fsp3) is 1.00. The highest BCUT2D eigenvalue weighted by Gasteiger charge is 2.23. The number of rotatable bonds is 7. The van der Waals surface area contributed by atoms with Crippen molar-refractivity contribution in [1.82, 2.24) is 10.2 Å². The summed E-state index contributed by atoms with van der Waals surface area (Å²) in [5.41, 5.74) is -0.632. The Morgan fingerprint density at radius 3 is 2.47 bits per heavy atom. The van der Waals surface area contributed by atoms with Crippen LogP contribution in [0, 0.1) is 5.92 Å². The van der Waals surface area contributed by atoms with Gasteiger partial charge in [0.1, 0.15) is 0 Å². The summed E-state index contributed by atoms with van der Waals surface area (Å²) in [6, 6.07) is 0.520. The third-order valence-corrected chi connectivity index (χ3v) is 3.65. The molecule has 1 aliphatic rings. The molecule has 0 bridgehead atoms. The van der Waals surface area contributed by atoms with Gasteiger partial charge < -0.3 is 15.3 Å². The molecule has 0 aromatic heterocycles. The predicted molar refractivity (Wildman–Crippen MR) is 73.2 cm³/mol. The molecule has 0 radical (unpaired) electrons. The van der Waals surface area contributed by atoms with Gasteiger partial charge in [-0.3, -0.25) is 0 Å². The summed E-state index contributed by atoms with van der Waals surface area (Å²) in [6.07, 6.45) is 6.89. The molecule has 0 aromatic rings. The van der Waals surface area contributed by atoms with Crippen LogP contribution in [-0.4, -0.2) is 48.8 Å². The minimum absolute atomic E-state index is 0.520. The Balaban J connectivity index is 2.19. The number of aliphatic hydroxyl groups is 1. The molecule has 0 spiro atoms. The first kappa shape index (κ1) is 14.9. The number of hydrogen-bond donors (Lipinski definition) is 2. The summed E-state index contributed by atoms with van der Waals surface area (Å²) < 4.78 is 0. The second-order valence-electron chi connectivity index (χ2n) is 6.40. The van der Waals surface area contributed by atoms with Crippen molar-refractivity contribution in [2.75, 3.05) is 27.2 Å². The lowest BCUT2D eigenvalue weighted by atomic mass is 9.98. The van der Waals surface area contributed by atoms with Crippen molar-refractivity contribution in [3.63, 3.8) is 0 Å². The van der Waals surface area contributed by atoms with E-state index in [9.17, 15) is 5.11 Å². The highest BCUT2D eigenvalue weighted by molar-refractivity contribution is 4.81. The highest BCUT2D eigenvalue weighted by Crippen LogP contribution is 2.28. The van der Waals surface area contributed by atoms with E-state index < -0.39 is 5.60 Å². The van der Waals surface area contributed by atoms with Crippen LogP contribution in [0.1, 0.15) is 46.0 Å². The summed E-state index contributed by atoms with van der Waals surface area (Å²) in [5, 5.41) is 13.7. The maximum atomic E-state index is 10.2. The van der Waals surface area contributed by atoms with Crippen LogP contribution >= 0.6 is 0 Å². The van der Waals surface area contributed by atoms with Gasteiger partial charge in [-0.15, -0.1) is 0 Å². The lowest BCUT2D eigenvalue weighted by Gasteiger charge is -2.29. The van der Waals surface area contributed by atoms with E-state index in [4.69, 9.17) is 0 Å². The van der Waals surface area contributed by atoms with Crippen LogP contribution in [0.2, 0.25) is 0 Å². The van der Waals surface area contributed by atoms with Crippen LogP contribution < -0.4 is 5.32 Å². The maximum Gasteiger partial charge on any atom is 0.0869 e. The van der Waals surface area contributed by atoms with E-state index in [1.807, 2.05) is 25.9 Å². The van der Waals surface area contributed by atoms with Crippen LogP contribution in [0.15, 0.2) is 0 Å². The Morgan fingerprint density at radius 2 is 1.94 bits per heavy atom. The van der Waals surface area contributed by atoms with Crippen LogP contribution in [0.3, 0.4) is 0 Å². The molecule has 1 rings (SSSR count). The van der Waals surface area contributed by atoms with E-state index in [1.54, 1.807) is 0 Å². The third kappa shape index (κ3) is 6.39. The summed E-state index contributed by atoms with van der Waals surface area (Å²) in [7, 11) is 3.99. The molecule has 1 saturated carbocycles. The predicted octanol–water partition coefficient (Wildman–Crippen LogP) is 1.86. The fourth-order valence-corrected chi connectivity index (χ4v) is 2.96. The monoisotopic (exact) mass is 242 g/mol. The number of nitrogens with one attached hydrogen (secondary N) is 1. The van der Waals surface area contributed by atoms with Crippen molar-refractivity contribution >= 4 is 0 Å². The highest BCUT2D eigenvalue weighted by atomic mass is 16.3. The Kier molecular flexibility index (Phi) is 5.90. The quantitative estimate of drug-likeness (QED) is 0.715. The summed E-state index contributed by atoms with van der Waals surface area (Å²) >= 11 is 0. The molecule has 102 valence electrons. The summed E-state index contributed by atoms with van der Waals surface area (Å²) in [5.74, 6) is 0.913. The maximum absolute atomic E-state index is 10.2. The first-order valence-electron chi connectivity index (χ1n) is 6.99. The van der Waals surface area contributed by atoms with Gasteiger partial charge in [-0.05, 0) is 40.3 Å². The Bertz CT molecular complexity index is 210. The minimum atomic E-state index is -0.632. The van der Waals surface area contributed by atoms with Crippen LogP contribution in [0.4, 0.5) is 0 Å². The zero-order valence-electron chi connectivity index (χ0n) is 12.0. The van der Waals surface area contributed by atoms with Crippen molar-refractivity contribution in [3.05, 3.63) is 0 Å². The zero-order valence-corrected chi connectivity index (χ0v) is 12.0. The summed E-state index contributed by atoms with van der Waals surface area (Å²) in [6.45, 7) is 5.53. The van der Waals surface area contributed by atoms with E-state index in [0.717, 1.165) is 5.92 Å². The molecular formula is C14H30N2O. The average molecular weight is 242 g/mol. The van der Waals surface area contributed by atoms with Crippen molar-refractivity contribution < 1.29 is 5.11 Å². The van der Waals surface area contributed by atoms with E-state index in [0.29, 0.717) is 19.1 Å². The molecule has 0 amide bonds. The second-order valence-corrected chi connectivity index (χ2v) is 6.40. The van der Waals surface area contributed by atoms with Gasteiger partial charge in [-0.2, -0.15) is 0 Å². The zero-order chi connectivity index (χ0) is 12.9. The fourth-order valence-electron chi connectivity index (χ4n) is 2.96. The van der Waals surface area contributed by atoms with Crippen molar-refractivity contribution in [2.45, 2.75) is 57.6 Å². The van der Waals surface area contributed by atoms with Gasteiger partial charge in [0.2, 0.25) is 0 Å². The van der Waals surface area contributed by atoms with Crippen molar-refractivity contribution in [3.8, 4) is 0 Å². The molecular weight excluding hydrogens is 212 g/mol. The average Bonchev–Trinajstić information content (AvgIpc) is 2.65. The standard InChI is InChI=1S/C14H30N2O/c1-12(9-13-7-5-6-8-13)15-10-14(2,17)11-16(3)4/h12-13,15,17H,5-11H2,1-4H3. The molecule has 0 aliphatic heterocycles. The van der Waals surface area contributed by atoms with Crippen molar-refractivity contribution in [1.29, 1.82) is 0 Å². The van der Waals surface area contributed by atoms with Gasteiger partial charge in [0.05, 0.1) is 5.60 Å². The smallest absolute Gasteiger partial charge is 0.0869 e. The van der Waals surface area contributed by atoms with E-state index >= 15 is 0 Å². The van der Waals surface area contributed by atoms with E-state index in [1.165, 1.54) is 32.1 Å². The van der Waals surface area contributed by atoms with Gasteiger partial charge in [-0.25, -0.2) is 0 Å². The molecule has 2 unspecified atom stereocenters. The molecule has 2 atom stereocenters. The molecule has 3 heteroatoms. The number of likely N-dealkylation sites (N-methyl/N-ethyl adjacent to an activating group) is 1. The van der Waals surface area contributed by atoms with Crippen molar-refractivity contribution in [2.24, 2.45) is 5.92 Å². The lowest BCUT2D eigenvalue weighted by molar-refractivity contribution is 0.0311. The first-order chi connectivity index (χ1) is 7.89. The SMILES string of the molecule is CC(CC1CCCC1)NCC(C)(O)CN(C)C. The molecule has 1 aliphatic carbocycles. The van der Waals surface area contributed by atoms with E-state index in [-0.39, 0.29) is 0 Å². The Morgan fingerprint density at radius 1 is 1.35 bits per heavy atom. The van der Waals surface area contributed by atoms with Gasteiger partial charge in [0.25, 0.3) is 0 Å². The largest absolute Gasteiger partial charge is 0.388 e. The van der Waals surface area contributed by atoms with Crippen LogP contribution in [0.25, 0.3) is 0 Å². The molecule has 17 heavy (non-hydrogen) atoms. The Labute approximate surface area is 107 Å². The minimum Gasteiger partial charge on any atom is -0.388 e. The van der Waals surface area contributed by atoms with Gasteiger partial charge in [0.15, 0.2) is 0 Å².